The normalized spacial score (nSPS) is 25.4. The summed E-state index contributed by atoms with van der Waals surface area (Å²) in [6.07, 6.45) is -0.650. The summed E-state index contributed by atoms with van der Waals surface area (Å²) in [7, 11) is 2.05. The molecule has 0 saturated carbocycles. The maximum absolute atomic E-state index is 10.2. The van der Waals surface area contributed by atoms with Crippen LogP contribution in [0.15, 0.2) is 15.2 Å². The Labute approximate surface area is 102 Å². The summed E-state index contributed by atoms with van der Waals surface area (Å²) >= 11 is 5.01. The summed E-state index contributed by atoms with van der Waals surface area (Å²) in [6.45, 7) is 2.41. The van der Waals surface area contributed by atoms with E-state index in [-0.39, 0.29) is 6.10 Å². The Hall–Kier alpha value is 0.0600. The van der Waals surface area contributed by atoms with Gasteiger partial charge in [0.2, 0.25) is 0 Å². The minimum atomic E-state index is -0.534. The number of thiophene rings is 1. The molecule has 1 aliphatic heterocycles. The monoisotopic (exact) mass is 291 g/mol. The highest BCUT2D eigenvalue weighted by atomic mass is 79.9. The molecule has 2 unspecified atom stereocenters. The molecule has 15 heavy (non-hydrogen) atoms. The van der Waals surface area contributed by atoms with Crippen LogP contribution in [0, 0.1) is 0 Å². The van der Waals surface area contributed by atoms with E-state index in [0.29, 0.717) is 6.61 Å². The van der Waals surface area contributed by atoms with E-state index in [1.165, 1.54) is 0 Å². The molecular weight excluding hydrogens is 278 g/mol. The van der Waals surface area contributed by atoms with Crippen molar-refractivity contribution in [3.63, 3.8) is 0 Å². The molecule has 1 aromatic heterocycles. The Bertz CT molecular complexity index is 331. The molecule has 2 atom stereocenters. The molecule has 0 spiro atoms. The maximum Gasteiger partial charge on any atom is 0.108 e. The van der Waals surface area contributed by atoms with Crippen molar-refractivity contribution in [2.45, 2.75) is 12.2 Å². The van der Waals surface area contributed by atoms with Gasteiger partial charge in [0.05, 0.1) is 6.61 Å². The third-order valence-corrected chi connectivity index (χ3v) is 4.36. The van der Waals surface area contributed by atoms with E-state index in [4.69, 9.17) is 4.74 Å². The van der Waals surface area contributed by atoms with Gasteiger partial charge in [0, 0.05) is 28.5 Å². The molecule has 1 fully saturated rings. The van der Waals surface area contributed by atoms with Crippen molar-refractivity contribution in [1.82, 2.24) is 4.90 Å². The number of halogens is 1. The predicted molar refractivity (Wildman–Crippen MR) is 64.2 cm³/mol. The van der Waals surface area contributed by atoms with Gasteiger partial charge in [0.1, 0.15) is 12.2 Å². The highest BCUT2D eigenvalue weighted by Gasteiger charge is 2.27. The van der Waals surface area contributed by atoms with Gasteiger partial charge in [-0.15, -0.1) is 0 Å². The molecule has 1 aromatic rings. The van der Waals surface area contributed by atoms with Crippen molar-refractivity contribution in [2.75, 3.05) is 26.7 Å². The smallest absolute Gasteiger partial charge is 0.108 e. The van der Waals surface area contributed by atoms with E-state index in [0.717, 1.165) is 23.1 Å². The summed E-state index contributed by atoms with van der Waals surface area (Å²) in [6, 6.07) is 0. The zero-order valence-electron chi connectivity index (χ0n) is 8.52. The molecule has 0 aliphatic carbocycles. The lowest BCUT2D eigenvalue weighted by Crippen LogP contribution is -2.42. The van der Waals surface area contributed by atoms with Crippen molar-refractivity contribution in [3.05, 3.63) is 20.8 Å². The lowest BCUT2D eigenvalue weighted by molar-refractivity contribution is -0.0845. The molecule has 1 N–H and O–H groups in total. The Balaban J connectivity index is 2.07. The Morgan fingerprint density at radius 3 is 3.07 bits per heavy atom. The molecule has 5 heteroatoms. The van der Waals surface area contributed by atoms with Crippen LogP contribution < -0.4 is 0 Å². The number of nitrogens with zero attached hydrogens (tertiary/aromatic N) is 1. The summed E-state index contributed by atoms with van der Waals surface area (Å²) in [5.41, 5.74) is 0.931. The summed E-state index contributed by atoms with van der Waals surface area (Å²) in [5.74, 6) is 0. The topological polar surface area (TPSA) is 32.7 Å². The molecule has 3 nitrogen and oxygen atoms in total. The molecule has 0 aromatic carbocycles. The van der Waals surface area contributed by atoms with Crippen LogP contribution in [0.4, 0.5) is 0 Å². The molecule has 0 bridgehead atoms. The second-order valence-electron chi connectivity index (χ2n) is 3.79. The number of likely N-dealkylation sites (N-methyl/N-ethyl adjacent to an activating group) is 1. The Morgan fingerprint density at radius 1 is 1.67 bits per heavy atom. The van der Waals surface area contributed by atoms with Crippen molar-refractivity contribution >= 4 is 27.3 Å². The number of hydrogen-bond acceptors (Lipinski definition) is 4. The fraction of sp³-hybridized carbons (Fsp3) is 0.600. The second-order valence-corrected chi connectivity index (χ2v) is 5.39. The van der Waals surface area contributed by atoms with Crippen LogP contribution in [-0.2, 0) is 4.74 Å². The highest BCUT2D eigenvalue weighted by molar-refractivity contribution is 9.10. The lowest BCUT2D eigenvalue weighted by atomic mass is 10.1. The van der Waals surface area contributed by atoms with Crippen molar-refractivity contribution in [3.8, 4) is 0 Å². The van der Waals surface area contributed by atoms with Crippen LogP contribution >= 0.6 is 27.3 Å². The molecule has 2 rings (SSSR count). The zero-order chi connectivity index (χ0) is 10.8. The minimum absolute atomic E-state index is 0.116. The van der Waals surface area contributed by atoms with E-state index < -0.39 is 6.10 Å². The van der Waals surface area contributed by atoms with E-state index in [1.54, 1.807) is 11.3 Å². The first-order valence-electron chi connectivity index (χ1n) is 4.88. The SMILES string of the molecule is CN1CCOC(C(O)c2cscc2Br)C1. The molecule has 1 aliphatic rings. The predicted octanol–water partition coefficient (Wildman–Crippen LogP) is 1.87. The molecule has 2 heterocycles. The molecule has 0 radical (unpaired) electrons. The van der Waals surface area contributed by atoms with Crippen LogP contribution in [0.25, 0.3) is 0 Å². The Kier molecular flexibility index (Phi) is 3.79. The largest absolute Gasteiger partial charge is 0.386 e. The average Bonchev–Trinajstić information content (AvgIpc) is 2.63. The van der Waals surface area contributed by atoms with Gasteiger partial charge in [-0.05, 0) is 28.4 Å². The van der Waals surface area contributed by atoms with E-state index in [1.807, 2.05) is 17.8 Å². The van der Waals surface area contributed by atoms with Gasteiger partial charge in [-0.2, -0.15) is 11.3 Å². The van der Waals surface area contributed by atoms with Crippen LogP contribution in [0.3, 0.4) is 0 Å². The van der Waals surface area contributed by atoms with Crippen LogP contribution in [-0.4, -0.2) is 42.9 Å². The fourth-order valence-electron chi connectivity index (χ4n) is 1.70. The molecular formula is C10H14BrNO2S. The van der Waals surface area contributed by atoms with Gasteiger partial charge < -0.3 is 14.7 Å². The summed E-state index contributed by atoms with van der Waals surface area (Å²) in [5, 5.41) is 14.1. The second kappa shape index (κ2) is 4.93. The first kappa shape index (κ1) is 11.5. The fourth-order valence-corrected chi connectivity index (χ4v) is 3.27. The van der Waals surface area contributed by atoms with Crippen molar-refractivity contribution < 1.29 is 9.84 Å². The van der Waals surface area contributed by atoms with Crippen molar-refractivity contribution in [1.29, 1.82) is 0 Å². The number of aliphatic hydroxyl groups is 1. The first-order chi connectivity index (χ1) is 7.18. The average molecular weight is 292 g/mol. The van der Waals surface area contributed by atoms with Crippen LogP contribution in [0.5, 0.6) is 0 Å². The highest BCUT2D eigenvalue weighted by Crippen LogP contribution is 2.31. The third kappa shape index (κ3) is 2.60. The van der Waals surface area contributed by atoms with Crippen LogP contribution in [0.1, 0.15) is 11.7 Å². The summed E-state index contributed by atoms with van der Waals surface area (Å²) < 4.78 is 6.55. The van der Waals surface area contributed by atoms with E-state index >= 15 is 0 Å². The first-order valence-corrected chi connectivity index (χ1v) is 6.62. The third-order valence-electron chi connectivity index (χ3n) is 2.61. The maximum atomic E-state index is 10.2. The quantitative estimate of drug-likeness (QED) is 0.903. The van der Waals surface area contributed by atoms with Gasteiger partial charge >= 0.3 is 0 Å². The number of morpholine rings is 1. The van der Waals surface area contributed by atoms with E-state index in [9.17, 15) is 5.11 Å². The zero-order valence-corrected chi connectivity index (χ0v) is 10.9. The lowest BCUT2D eigenvalue weighted by Gasteiger charge is -2.32. The van der Waals surface area contributed by atoms with Gasteiger partial charge in [-0.3, -0.25) is 0 Å². The van der Waals surface area contributed by atoms with Crippen LogP contribution in [0.2, 0.25) is 0 Å². The summed E-state index contributed by atoms with van der Waals surface area (Å²) in [4.78, 5) is 2.18. The number of ether oxygens (including phenoxy) is 1. The van der Waals surface area contributed by atoms with Gasteiger partial charge in [-0.25, -0.2) is 0 Å². The molecule has 0 amide bonds. The number of rotatable bonds is 2. The molecule has 84 valence electrons. The number of aliphatic hydroxyl groups excluding tert-OH is 1. The van der Waals surface area contributed by atoms with E-state index in [2.05, 4.69) is 20.8 Å². The van der Waals surface area contributed by atoms with Gasteiger partial charge in [-0.1, -0.05) is 0 Å². The Morgan fingerprint density at radius 2 is 2.47 bits per heavy atom. The molecule has 1 saturated heterocycles. The minimum Gasteiger partial charge on any atom is -0.386 e. The van der Waals surface area contributed by atoms with Crippen molar-refractivity contribution in [2.24, 2.45) is 0 Å². The van der Waals surface area contributed by atoms with Gasteiger partial charge in [0.25, 0.3) is 0 Å². The number of hydrogen-bond donors (Lipinski definition) is 1. The standard InChI is InChI=1S/C10H14BrNO2S/c1-12-2-3-14-9(4-12)10(13)7-5-15-6-8(7)11/h5-6,9-10,13H,2-4H2,1H3. The van der Waals surface area contributed by atoms with Gasteiger partial charge in [0.15, 0.2) is 0 Å².